The Labute approximate surface area is 140 Å². The highest BCUT2D eigenvalue weighted by Gasteiger charge is 2.19. The fraction of sp³-hybridized carbons (Fsp3) is 0.176. The number of fused-ring (bicyclic) bond motifs is 1. The molecule has 3 aromatic rings. The summed E-state index contributed by atoms with van der Waals surface area (Å²) in [6.45, 7) is 1.87. The molecule has 0 aliphatic rings. The molecule has 24 heavy (non-hydrogen) atoms. The average molecular weight is 353 g/mol. The van der Waals surface area contributed by atoms with Crippen LogP contribution in [0.15, 0.2) is 35.1 Å². The summed E-state index contributed by atoms with van der Waals surface area (Å²) in [5, 5.41) is -0.510. The summed E-state index contributed by atoms with van der Waals surface area (Å²) in [6.07, 6.45) is 1.03. The van der Waals surface area contributed by atoms with Crippen molar-refractivity contribution in [2.24, 2.45) is 0 Å². The number of hydrogen-bond acceptors (Lipinski definition) is 2. The van der Waals surface area contributed by atoms with Gasteiger partial charge in [0, 0.05) is 12.5 Å². The monoisotopic (exact) mass is 352 g/mol. The first-order valence-electron chi connectivity index (χ1n) is 7.29. The van der Waals surface area contributed by atoms with Crippen molar-refractivity contribution in [3.05, 3.63) is 69.0 Å². The Bertz CT molecular complexity index is 1000. The smallest absolute Gasteiger partial charge is 0.267 e. The van der Waals surface area contributed by atoms with Crippen molar-refractivity contribution in [2.45, 2.75) is 19.8 Å². The van der Waals surface area contributed by atoms with Crippen LogP contribution in [0.4, 0.5) is 13.2 Å². The van der Waals surface area contributed by atoms with Gasteiger partial charge in [-0.25, -0.2) is 18.2 Å². The molecule has 2 aromatic carbocycles. The van der Waals surface area contributed by atoms with Crippen LogP contribution in [0.1, 0.15) is 19.2 Å². The molecule has 3 rings (SSSR count). The van der Waals surface area contributed by atoms with Crippen molar-refractivity contribution in [3.8, 4) is 5.69 Å². The Morgan fingerprint density at radius 2 is 1.88 bits per heavy atom. The molecule has 0 N–H and O–H groups in total. The molecule has 0 saturated carbocycles. The van der Waals surface area contributed by atoms with Gasteiger partial charge in [0.15, 0.2) is 0 Å². The standard InChI is InChI=1S/C17H12ClF3N2O/c1-2-3-14-22-12-6-5-10(20)16(18)15(12)17(24)23(14)13-7-4-9(19)8-11(13)21/h4-8H,2-3H2,1H3. The summed E-state index contributed by atoms with van der Waals surface area (Å²) >= 11 is 5.90. The fourth-order valence-corrected chi connectivity index (χ4v) is 2.80. The first kappa shape index (κ1) is 16.5. The number of benzene rings is 2. The Kier molecular flexibility index (Phi) is 4.32. The topological polar surface area (TPSA) is 34.9 Å². The van der Waals surface area contributed by atoms with Gasteiger partial charge in [-0.05, 0) is 30.7 Å². The zero-order valence-electron chi connectivity index (χ0n) is 12.6. The zero-order chi connectivity index (χ0) is 17.4. The summed E-state index contributed by atoms with van der Waals surface area (Å²) < 4.78 is 42.1. The van der Waals surface area contributed by atoms with E-state index in [1.165, 1.54) is 6.07 Å². The second kappa shape index (κ2) is 6.28. The molecule has 1 heterocycles. The van der Waals surface area contributed by atoms with Crippen molar-refractivity contribution >= 4 is 22.5 Å². The highest BCUT2D eigenvalue weighted by Crippen LogP contribution is 2.24. The number of aromatic nitrogens is 2. The summed E-state index contributed by atoms with van der Waals surface area (Å²) in [7, 11) is 0. The molecular weight excluding hydrogens is 341 g/mol. The van der Waals surface area contributed by atoms with Gasteiger partial charge in [0.2, 0.25) is 0 Å². The predicted molar refractivity (Wildman–Crippen MR) is 86.2 cm³/mol. The lowest BCUT2D eigenvalue weighted by atomic mass is 10.2. The molecule has 0 unspecified atom stereocenters. The van der Waals surface area contributed by atoms with Crippen LogP contribution in [0.3, 0.4) is 0 Å². The maximum absolute atomic E-state index is 14.2. The van der Waals surface area contributed by atoms with E-state index in [2.05, 4.69) is 4.98 Å². The van der Waals surface area contributed by atoms with Crippen LogP contribution in [0.5, 0.6) is 0 Å². The van der Waals surface area contributed by atoms with Gasteiger partial charge < -0.3 is 0 Å². The third kappa shape index (κ3) is 2.67. The third-order valence-electron chi connectivity index (χ3n) is 3.62. The molecule has 0 spiro atoms. The molecule has 0 radical (unpaired) electrons. The van der Waals surface area contributed by atoms with Crippen molar-refractivity contribution in [1.29, 1.82) is 0 Å². The van der Waals surface area contributed by atoms with E-state index < -0.39 is 23.0 Å². The number of rotatable bonds is 3. The molecule has 0 saturated heterocycles. The lowest BCUT2D eigenvalue weighted by molar-refractivity contribution is 0.573. The molecule has 0 atom stereocenters. The predicted octanol–water partition coefficient (Wildman–Crippen LogP) is 4.41. The Morgan fingerprint density at radius 3 is 2.54 bits per heavy atom. The van der Waals surface area contributed by atoms with E-state index in [0.29, 0.717) is 24.7 Å². The zero-order valence-corrected chi connectivity index (χ0v) is 13.4. The van der Waals surface area contributed by atoms with Gasteiger partial charge in [-0.15, -0.1) is 0 Å². The SMILES string of the molecule is CCCc1nc2ccc(F)c(Cl)c2c(=O)n1-c1ccc(F)cc1F. The molecule has 1 aromatic heterocycles. The van der Waals surface area contributed by atoms with Crippen LogP contribution in [-0.2, 0) is 6.42 Å². The Morgan fingerprint density at radius 1 is 1.12 bits per heavy atom. The lowest BCUT2D eigenvalue weighted by Crippen LogP contribution is -2.25. The van der Waals surface area contributed by atoms with Gasteiger partial charge in [0.05, 0.1) is 21.6 Å². The van der Waals surface area contributed by atoms with Gasteiger partial charge in [0.25, 0.3) is 5.56 Å². The highest BCUT2D eigenvalue weighted by atomic mass is 35.5. The Balaban J connectivity index is 2.44. The Hall–Kier alpha value is -2.34. The minimum Gasteiger partial charge on any atom is -0.268 e. The van der Waals surface area contributed by atoms with Gasteiger partial charge in [-0.1, -0.05) is 18.5 Å². The van der Waals surface area contributed by atoms with E-state index in [9.17, 15) is 18.0 Å². The first-order valence-corrected chi connectivity index (χ1v) is 7.67. The van der Waals surface area contributed by atoms with Crippen LogP contribution < -0.4 is 5.56 Å². The molecule has 0 bridgehead atoms. The number of aryl methyl sites for hydroxylation is 1. The third-order valence-corrected chi connectivity index (χ3v) is 3.99. The molecule has 0 aliphatic carbocycles. The minimum atomic E-state index is -0.914. The first-order chi connectivity index (χ1) is 11.4. The van der Waals surface area contributed by atoms with E-state index in [1.54, 1.807) is 0 Å². The second-order valence-corrected chi connectivity index (χ2v) is 5.65. The van der Waals surface area contributed by atoms with Crippen LogP contribution in [-0.4, -0.2) is 9.55 Å². The summed E-state index contributed by atoms with van der Waals surface area (Å²) in [4.78, 5) is 17.2. The van der Waals surface area contributed by atoms with Gasteiger partial charge >= 0.3 is 0 Å². The normalized spacial score (nSPS) is 11.2. The van der Waals surface area contributed by atoms with E-state index in [-0.39, 0.29) is 21.6 Å². The second-order valence-electron chi connectivity index (χ2n) is 5.27. The van der Waals surface area contributed by atoms with E-state index in [4.69, 9.17) is 11.6 Å². The molecule has 0 fully saturated rings. The van der Waals surface area contributed by atoms with E-state index in [0.717, 1.165) is 22.8 Å². The molecule has 3 nitrogen and oxygen atoms in total. The largest absolute Gasteiger partial charge is 0.268 e. The molecule has 0 aliphatic heterocycles. The molecule has 0 amide bonds. The van der Waals surface area contributed by atoms with Crippen LogP contribution in [0.2, 0.25) is 5.02 Å². The van der Waals surface area contributed by atoms with E-state index >= 15 is 0 Å². The fourth-order valence-electron chi connectivity index (χ4n) is 2.56. The highest BCUT2D eigenvalue weighted by molar-refractivity contribution is 6.35. The van der Waals surface area contributed by atoms with Gasteiger partial charge in [-0.3, -0.25) is 9.36 Å². The van der Waals surface area contributed by atoms with Crippen molar-refractivity contribution in [1.82, 2.24) is 9.55 Å². The van der Waals surface area contributed by atoms with Gasteiger partial charge in [-0.2, -0.15) is 0 Å². The van der Waals surface area contributed by atoms with Gasteiger partial charge in [0.1, 0.15) is 23.3 Å². The average Bonchev–Trinajstić information content (AvgIpc) is 2.53. The summed E-state index contributed by atoms with van der Waals surface area (Å²) in [6, 6.07) is 5.33. The number of hydrogen-bond donors (Lipinski definition) is 0. The molecule has 124 valence electrons. The maximum atomic E-state index is 14.2. The quantitative estimate of drug-likeness (QED) is 0.700. The number of halogens is 4. The lowest BCUT2D eigenvalue weighted by Gasteiger charge is -2.14. The van der Waals surface area contributed by atoms with Crippen LogP contribution in [0, 0.1) is 17.5 Å². The van der Waals surface area contributed by atoms with Crippen molar-refractivity contribution < 1.29 is 13.2 Å². The van der Waals surface area contributed by atoms with Crippen molar-refractivity contribution in [3.63, 3.8) is 0 Å². The van der Waals surface area contributed by atoms with Crippen LogP contribution >= 0.6 is 11.6 Å². The number of nitrogens with zero attached hydrogens (tertiary/aromatic N) is 2. The minimum absolute atomic E-state index is 0.139. The summed E-state index contributed by atoms with van der Waals surface area (Å²) in [5.74, 6) is -2.15. The molecule has 7 heteroatoms. The molecular formula is C17H12ClF3N2O. The van der Waals surface area contributed by atoms with Crippen LogP contribution in [0.25, 0.3) is 16.6 Å². The van der Waals surface area contributed by atoms with E-state index in [1.807, 2.05) is 6.92 Å². The van der Waals surface area contributed by atoms with Crippen molar-refractivity contribution in [2.75, 3.05) is 0 Å². The maximum Gasteiger partial charge on any atom is 0.267 e. The summed E-state index contributed by atoms with van der Waals surface area (Å²) in [5.41, 5.74) is -0.619.